The molecule has 2 aromatic rings. The third-order valence-corrected chi connectivity index (χ3v) is 4.21. The summed E-state index contributed by atoms with van der Waals surface area (Å²) in [5.74, 6) is 0.928. The Labute approximate surface area is 127 Å². The molecule has 0 heterocycles. The molecular weight excluding hydrogens is 252 g/mol. The second-order valence-electron chi connectivity index (χ2n) is 5.96. The van der Waals surface area contributed by atoms with Crippen molar-refractivity contribution in [1.82, 2.24) is 0 Å². The Kier molecular flexibility index (Phi) is 4.06. The van der Waals surface area contributed by atoms with Gasteiger partial charge in [0.05, 0.1) is 0 Å². The summed E-state index contributed by atoms with van der Waals surface area (Å²) < 4.78 is 0. The summed E-state index contributed by atoms with van der Waals surface area (Å²) >= 11 is 0. The predicted octanol–water partition coefficient (Wildman–Crippen LogP) is 5.73. The Hall–Kier alpha value is -2.08. The fourth-order valence-corrected chi connectivity index (χ4v) is 3.24. The number of hydrogen-bond acceptors (Lipinski definition) is 0. The third-order valence-electron chi connectivity index (χ3n) is 4.21. The molecule has 0 amide bonds. The standard InChI is InChI=1S/C21H22/c1-16(2)19-14-9-15-20(19)21(17-10-5-3-6-11-17)18-12-7-4-8-13-18/h3-8,10-16,21H,9H2,1-2H3. The van der Waals surface area contributed by atoms with Crippen LogP contribution in [-0.2, 0) is 0 Å². The quantitative estimate of drug-likeness (QED) is 0.667. The van der Waals surface area contributed by atoms with Crippen LogP contribution in [0.25, 0.3) is 0 Å². The Bertz CT molecular complexity index is 605. The fraction of sp³-hybridized carbons (Fsp3) is 0.238. The van der Waals surface area contributed by atoms with Crippen LogP contribution in [0.5, 0.6) is 0 Å². The maximum Gasteiger partial charge on any atom is 0.0339 e. The molecule has 0 unspecified atom stereocenters. The molecule has 106 valence electrons. The van der Waals surface area contributed by atoms with Gasteiger partial charge >= 0.3 is 0 Å². The fourth-order valence-electron chi connectivity index (χ4n) is 3.24. The van der Waals surface area contributed by atoms with Gasteiger partial charge in [-0.25, -0.2) is 0 Å². The highest BCUT2D eigenvalue weighted by atomic mass is 14.3. The van der Waals surface area contributed by atoms with Crippen LogP contribution >= 0.6 is 0 Å². The Morgan fingerprint density at radius 1 is 0.667 bits per heavy atom. The summed E-state index contributed by atoms with van der Waals surface area (Å²) in [6, 6.07) is 21.7. The van der Waals surface area contributed by atoms with Crippen molar-refractivity contribution >= 4 is 0 Å². The maximum atomic E-state index is 2.40. The molecule has 0 atom stereocenters. The molecule has 0 saturated heterocycles. The van der Waals surface area contributed by atoms with Crippen LogP contribution in [0, 0.1) is 5.92 Å². The first-order valence-corrected chi connectivity index (χ1v) is 7.77. The van der Waals surface area contributed by atoms with Crippen LogP contribution in [-0.4, -0.2) is 0 Å². The monoisotopic (exact) mass is 274 g/mol. The van der Waals surface area contributed by atoms with Gasteiger partial charge in [-0.3, -0.25) is 0 Å². The van der Waals surface area contributed by atoms with Crippen molar-refractivity contribution < 1.29 is 0 Å². The first kappa shape index (κ1) is 13.9. The van der Waals surface area contributed by atoms with Crippen LogP contribution in [0.3, 0.4) is 0 Å². The summed E-state index contributed by atoms with van der Waals surface area (Å²) in [5.41, 5.74) is 5.75. The largest absolute Gasteiger partial charge is 0.0769 e. The lowest BCUT2D eigenvalue weighted by atomic mass is 9.80. The van der Waals surface area contributed by atoms with Gasteiger partial charge in [-0.1, -0.05) is 86.7 Å². The van der Waals surface area contributed by atoms with Crippen molar-refractivity contribution in [2.24, 2.45) is 5.92 Å². The normalized spacial score (nSPS) is 14.5. The van der Waals surface area contributed by atoms with Crippen molar-refractivity contribution in [3.05, 3.63) is 95.1 Å². The highest BCUT2D eigenvalue weighted by Gasteiger charge is 2.24. The molecule has 0 aliphatic heterocycles. The van der Waals surface area contributed by atoms with E-state index in [1.165, 1.54) is 22.3 Å². The van der Waals surface area contributed by atoms with E-state index in [2.05, 4.69) is 86.7 Å². The summed E-state index contributed by atoms with van der Waals surface area (Å²) in [4.78, 5) is 0. The lowest BCUT2D eigenvalue weighted by Crippen LogP contribution is -2.08. The lowest BCUT2D eigenvalue weighted by Gasteiger charge is -2.24. The van der Waals surface area contributed by atoms with Gasteiger partial charge < -0.3 is 0 Å². The van der Waals surface area contributed by atoms with E-state index in [1.54, 1.807) is 0 Å². The zero-order valence-corrected chi connectivity index (χ0v) is 12.8. The van der Waals surface area contributed by atoms with Gasteiger partial charge in [0.25, 0.3) is 0 Å². The van der Waals surface area contributed by atoms with Gasteiger partial charge in [0.2, 0.25) is 0 Å². The van der Waals surface area contributed by atoms with Gasteiger partial charge in [-0.05, 0) is 34.6 Å². The molecule has 3 rings (SSSR count). The lowest BCUT2D eigenvalue weighted by molar-refractivity contribution is 0.758. The number of benzene rings is 2. The van der Waals surface area contributed by atoms with Crippen LogP contribution in [0.1, 0.15) is 37.3 Å². The number of allylic oxidation sites excluding steroid dienone is 4. The first-order chi connectivity index (χ1) is 10.3. The van der Waals surface area contributed by atoms with Crippen molar-refractivity contribution in [3.8, 4) is 0 Å². The summed E-state index contributed by atoms with van der Waals surface area (Å²) in [6.07, 6.45) is 5.86. The number of rotatable bonds is 4. The average Bonchev–Trinajstić information content (AvgIpc) is 2.99. The van der Waals surface area contributed by atoms with E-state index in [0.29, 0.717) is 11.8 Å². The van der Waals surface area contributed by atoms with E-state index >= 15 is 0 Å². The van der Waals surface area contributed by atoms with Crippen LogP contribution in [0.15, 0.2) is 84.0 Å². The highest BCUT2D eigenvalue weighted by Crippen LogP contribution is 2.40. The molecule has 0 N–H and O–H groups in total. The highest BCUT2D eigenvalue weighted by molar-refractivity contribution is 5.51. The molecular formula is C21H22. The molecule has 0 nitrogen and oxygen atoms in total. The second-order valence-corrected chi connectivity index (χ2v) is 5.96. The smallest absolute Gasteiger partial charge is 0.0339 e. The van der Waals surface area contributed by atoms with Gasteiger partial charge in [-0.2, -0.15) is 0 Å². The van der Waals surface area contributed by atoms with E-state index in [0.717, 1.165) is 6.42 Å². The van der Waals surface area contributed by atoms with E-state index < -0.39 is 0 Å². The summed E-state index contributed by atoms with van der Waals surface area (Å²) in [7, 11) is 0. The molecule has 0 heteroatoms. The molecule has 0 spiro atoms. The second kappa shape index (κ2) is 6.13. The topological polar surface area (TPSA) is 0 Å². The first-order valence-electron chi connectivity index (χ1n) is 7.77. The van der Waals surface area contributed by atoms with Gasteiger partial charge in [0.15, 0.2) is 0 Å². The Balaban J connectivity index is 2.08. The number of hydrogen-bond donors (Lipinski definition) is 0. The van der Waals surface area contributed by atoms with Gasteiger partial charge in [0.1, 0.15) is 0 Å². The molecule has 0 bridgehead atoms. The van der Waals surface area contributed by atoms with Crippen molar-refractivity contribution in [2.45, 2.75) is 26.2 Å². The van der Waals surface area contributed by atoms with Crippen LogP contribution in [0.4, 0.5) is 0 Å². The minimum Gasteiger partial charge on any atom is -0.0769 e. The van der Waals surface area contributed by atoms with Gasteiger partial charge in [0, 0.05) is 5.92 Å². The van der Waals surface area contributed by atoms with E-state index in [-0.39, 0.29) is 0 Å². The van der Waals surface area contributed by atoms with Crippen molar-refractivity contribution in [2.75, 3.05) is 0 Å². The van der Waals surface area contributed by atoms with Crippen molar-refractivity contribution in [3.63, 3.8) is 0 Å². The molecule has 1 aliphatic rings. The van der Waals surface area contributed by atoms with Crippen molar-refractivity contribution in [1.29, 1.82) is 0 Å². The molecule has 0 fully saturated rings. The zero-order chi connectivity index (χ0) is 14.7. The third kappa shape index (κ3) is 2.85. The zero-order valence-electron chi connectivity index (χ0n) is 12.8. The molecule has 0 aromatic heterocycles. The van der Waals surface area contributed by atoms with Gasteiger partial charge in [-0.15, -0.1) is 0 Å². The maximum absolute atomic E-state index is 2.40. The minimum absolute atomic E-state index is 0.351. The van der Waals surface area contributed by atoms with Crippen LogP contribution in [0.2, 0.25) is 0 Å². The summed E-state index contributed by atoms with van der Waals surface area (Å²) in [5, 5.41) is 0. The molecule has 2 aromatic carbocycles. The Morgan fingerprint density at radius 2 is 1.14 bits per heavy atom. The molecule has 21 heavy (non-hydrogen) atoms. The molecule has 0 saturated carbocycles. The van der Waals surface area contributed by atoms with E-state index in [4.69, 9.17) is 0 Å². The Morgan fingerprint density at radius 3 is 1.62 bits per heavy atom. The molecule has 1 aliphatic carbocycles. The SMILES string of the molecule is CC(C)C1=CCC=C1C(c1ccccc1)c1ccccc1. The molecule has 0 radical (unpaired) electrons. The van der Waals surface area contributed by atoms with E-state index in [1.807, 2.05) is 0 Å². The predicted molar refractivity (Wildman–Crippen MR) is 90.3 cm³/mol. The van der Waals surface area contributed by atoms with E-state index in [9.17, 15) is 0 Å². The van der Waals surface area contributed by atoms with Crippen LogP contribution < -0.4 is 0 Å². The average molecular weight is 274 g/mol. The summed E-state index contributed by atoms with van der Waals surface area (Å²) in [6.45, 7) is 4.58. The minimum atomic E-state index is 0.351.